The minimum Gasteiger partial charge on any atom is -0.465 e. The minimum absolute atomic E-state index is 0.0970. The standard InChI is InChI=1S/C21H25N7O3/c22-15-3-1-14(2-4-15)18-24-19(26-9-11-31-12-10-26)17-13-23-28(20(17)25-18)16-5-7-27(8-6-16)21(29)30/h1-4,13,16H,5-12,22H2,(H,29,30). The number of aromatic nitrogens is 4. The molecule has 0 radical (unpaired) electrons. The normalized spacial score (nSPS) is 17.9. The summed E-state index contributed by atoms with van der Waals surface area (Å²) in [5.74, 6) is 1.48. The number of nitrogen functional groups attached to an aromatic ring is 1. The topological polar surface area (TPSA) is 123 Å². The average molecular weight is 423 g/mol. The van der Waals surface area contributed by atoms with Crippen molar-refractivity contribution < 1.29 is 14.6 Å². The number of carbonyl (C=O) groups is 1. The first-order chi connectivity index (χ1) is 15.1. The van der Waals surface area contributed by atoms with Crippen LogP contribution in [-0.4, -0.2) is 75.2 Å². The average Bonchev–Trinajstić information content (AvgIpc) is 3.23. The summed E-state index contributed by atoms with van der Waals surface area (Å²) >= 11 is 0. The van der Waals surface area contributed by atoms with Crippen molar-refractivity contribution in [2.75, 3.05) is 50.0 Å². The molecule has 3 N–H and O–H groups in total. The van der Waals surface area contributed by atoms with Gasteiger partial charge < -0.3 is 25.4 Å². The fourth-order valence-electron chi connectivity index (χ4n) is 4.26. The number of hydrogen-bond acceptors (Lipinski definition) is 7. The number of likely N-dealkylation sites (tertiary alicyclic amines) is 1. The zero-order valence-electron chi connectivity index (χ0n) is 17.1. The molecule has 2 aliphatic heterocycles. The second-order valence-corrected chi connectivity index (χ2v) is 7.92. The summed E-state index contributed by atoms with van der Waals surface area (Å²) in [6.45, 7) is 3.82. The lowest BCUT2D eigenvalue weighted by Gasteiger charge is -2.30. The van der Waals surface area contributed by atoms with Gasteiger partial charge in [0.2, 0.25) is 0 Å². The van der Waals surface area contributed by atoms with Crippen LogP contribution in [0.5, 0.6) is 0 Å². The molecule has 10 nitrogen and oxygen atoms in total. The van der Waals surface area contributed by atoms with Crippen LogP contribution in [0.25, 0.3) is 22.4 Å². The third-order valence-electron chi connectivity index (χ3n) is 5.99. The molecule has 0 atom stereocenters. The van der Waals surface area contributed by atoms with Gasteiger partial charge >= 0.3 is 6.09 Å². The Bertz CT molecular complexity index is 1080. The molecule has 31 heavy (non-hydrogen) atoms. The zero-order valence-corrected chi connectivity index (χ0v) is 17.1. The van der Waals surface area contributed by atoms with Crippen molar-refractivity contribution in [1.82, 2.24) is 24.6 Å². The molecule has 162 valence electrons. The van der Waals surface area contributed by atoms with E-state index in [2.05, 4.69) is 10.00 Å². The number of nitrogens with two attached hydrogens (primary N) is 1. The van der Waals surface area contributed by atoms with Crippen molar-refractivity contribution in [3.8, 4) is 11.4 Å². The number of ether oxygens (including phenoxy) is 1. The molecule has 4 heterocycles. The smallest absolute Gasteiger partial charge is 0.407 e. The second kappa shape index (κ2) is 8.03. The summed E-state index contributed by atoms with van der Waals surface area (Å²) in [7, 11) is 0. The van der Waals surface area contributed by atoms with Crippen LogP contribution >= 0.6 is 0 Å². The Labute approximate surface area is 179 Å². The number of benzene rings is 1. The van der Waals surface area contributed by atoms with E-state index in [0.717, 1.165) is 35.5 Å². The number of rotatable bonds is 3. The van der Waals surface area contributed by atoms with Crippen LogP contribution in [0.4, 0.5) is 16.3 Å². The molecular formula is C21H25N7O3. The van der Waals surface area contributed by atoms with Crippen LogP contribution in [-0.2, 0) is 4.74 Å². The quantitative estimate of drug-likeness (QED) is 0.615. The van der Waals surface area contributed by atoms with E-state index in [-0.39, 0.29) is 6.04 Å². The minimum atomic E-state index is -0.869. The summed E-state index contributed by atoms with van der Waals surface area (Å²) in [5, 5.41) is 14.8. The van der Waals surface area contributed by atoms with Gasteiger partial charge in [-0.25, -0.2) is 19.4 Å². The summed E-state index contributed by atoms with van der Waals surface area (Å²) in [5.41, 5.74) is 8.21. The molecule has 1 aromatic carbocycles. The Morgan fingerprint density at radius 1 is 1.06 bits per heavy atom. The van der Waals surface area contributed by atoms with Gasteiger partial charge in [-0.1, -0.05) is 0 Å². The number of hydrogen-bond donors (Lipinski definition) is 2. The van der Waals surface area contributed by atoms with Gasteiger partial charge in [0, 0.05) is 37.4 Å². The molecule has 0 bridgehead atoms. The zero-order chi connectivity index (χ0) is 21.4. The molecule has 5 rings (SSSR count). The number of carboxylic acid groups (broad SMARTS) is 1. The fraction of sp³-hybridized carbons (Fsp3) is 0.429. The van der Waals surface area contributed by atoms with Crippen molar-refractivity contribution in [3.05, 3.63) is 30.5 Å². The van der Waals surface area contributed by atoms with Gasteiger partial charge in [0.1, 0.15) is 5.82 Å². The number of piperidine rings is 1. The van der Waals surface area contributed by atoms with Gasteiger partial charge in [-0.05, 0) is 37.1 Å². The molecule has 0 aliphatic carbocycles. The predicted molar refractivity (Wildman–Crippen MR) is 116 cm³/mol. The van der Waals surface area contributed by atoms with Gasteiger partial charge in [0.05, 0.1) is 30.8 Å². The monoisotopic (exact) mass is 423 g/mol. The highest BCUT2D eigenvalue weighted by Gasteiger charge is 2.27. The van der Waals surface area contributed by atoms with Crippen molar-refractivity contribution >= 4 is 28.6 Å². The highest BCUT2D eigenvalue weighted by Crippen LogP contribution is 2.32. The molecule has 10 heteroatoms. The van der Waals surface area contributed by atoms with Gasteiger partial charge in [0.25, 0.3) is 0 Å². The first-order valence-corrected chi connectivity index (χ1v) is 10.5. The maximum Gasteiger partial charge on any atom is 0.407 e. The van der Waals surface area contributed by atoms with Gasteiger partial charge in [-0.3, -0.25) is 0 Å². The molecule has 0 unspecified atom stereocenters. The lowest BCUT2D eigenvalue weighted by molar-refractivity contribution is 0.122. The van der Waals surface area contributed by atoms with Crippen LogP contribution < -0.4 is 10.6 Å². The molecule has 2 saturated heterocycles. The maximum atomic E-state index is 11.3. The summed E-state index contributed by atoms with van der Waals surface area (Å²) in [6, 6.07) is 7.63. The Morgan fingerprint density at radius 3 is 2.45 bits per heavy atom. The number of amides is 1. The van der Waals surface area contributed by atoms with E-state index < -0.39 is 6.09 Å². The lowest BCUT2D eigenvalue weighted by Crippen LogP contribution is -2.38. The summed E-state index contributed by atoms with van der Waals surface area (Å²) in [4.78, 5) is 24.7. The molecular weight excluding hydrogens is 398 g/mol. The molecule has 0 saturated carbocycles. The summed E-state index contributed by atoms with van der Waals surface area (Å²) < 4.78 is 7.46. The Kier molecular flexibility index (Phi) is 5.06. The van der Waals surface area contributed by atoms with E-state index in [4.69, 9.17) is 20.4 Å². The van der Waals surface area contributed by atoms with Crippen LogP contribution in [0.3, 0.4) is 0 Å². The number of fused-ring (bicyclic) bond motifs is 1. The SMILES string of the molecule is Nc1ccc(-c2nc(N3CCOCC3)c3cnn(C4CCN(C(=O)O)CC4)c3n2)cc1. The van der Waals surface area contributed by atoms with Crippen molar-refractivity contribution in [2.24, 2.45) is 0 Å². The summed E-state index contributed by atoms with van der Waals surface area (Å²) in [6.07, 6.45) is 2.37. The van der Waals surface area contributed by atoms with Crippen LogP contribution in [0.1, 0.15) is 18.9 Å². The first-order valence-electron chi connectivity index (χ1n) is 10.5. The van der Waals surface area contributed by atoms with Gasteiger partial charge in [-0.15, -0.1) is 0 Å². The van der Waals surface area contributed by atoms with Crippen molar-refractivity contribution in [1.29, 1.82) is 0 Å². The maximum absolute atomic E-state index is 11.3. The van der Waals surface area contributed by atoms with E-state index in [1.54, 1.807) is 0 Å². The number of anilines is 2. The van der Waals surface area contributed by atoms with Crippen molar-refractivity contribution in [2.45, 2.75) is 18.9 Å². The molecule has 2 fully saturated rings. The highest BCUT2D eigenvalue weighted by molar-refractivity contribution is 5.89. The Hall–Kier alpha value is -3.40. The number of nitrogens with zero attached hydrogens (tertiary/aromatic N) is 6. The molecule has 2 aromatic heterocycles. The molecule has 2 aliphatic rings. The Morgan fingerprint density at radius 2 is 1.77 bits per heavy atom. The van der Waals surface area contributed by atoms with Crippen LogP contribution in [0.2, 0.25) is 0 Å². The largest absolute Gasteiger partial charge is 0.465 e. The van der Waals surface area contributed by atoms with E-state index in [0.29, 0.717) is 50.7 Å². The third-order valence-corrected chi connectivity index (χ3v) is 5.99. The van der Waals surface area contributed by atoms with Gasteiger partial charge in [-0.2, -0.15) is 5.10 Å². The van der Waals surface area contributed by atoms with E-state index in [1.165, 1.54) is 4.90 Å². The second-order valence-electron chi connectivity index (χ2n) is 7.92. The van der Waals surface area contributed by atoms with Crippen molar-refractivity contribution in [3.63, 3.8) is 0 Å². The van der Waals surface area contributed by atoms with E-state index >= 15 is 0 Å². The van der Waals surface area contributed by atoms with E-state index in [9.17, 15) is 9.90 Å². The lowest BCUT2D eigenvalue weighted by atomic mass is 10.1. The predicted octanol–water partition coefficient (Wildman–Crippen LogP) is 2.23. The third kappa shape index (κ3) is 3.74. The van der Waals surface area contributed by atoms with Crippen LogP contribution in [0, 0.1) is 0 Å². The fourth-order valence-corrected chi connectivity index (χ4v) is 4.26. The highest BCUT2D eigenvalue weighted by atomic mass is 16.5. The van der Waals surface area contributed by atoms with Gasteiger partial charge in [0.15, 0.2) is 11.5 Å². The number of morpholine rings is 1. The molecule has 0 spiro atoms. The molecule has 3 aromatic rings. The van der Waals surface area contributed by atoms with E-state index in [1.807, 2.05) is 35.1 Å². The first kappa shape index (κ1) is 19.6. The Balaban J connectivity index is 1.57. The molecule has 1 amide bonds. The van der Waals surface area contributed by atoms with Crippen LogP contribution in [0.15, 0.2) is 30.5 Å².